The van der Waals surface area contributed by atoms with Gasteiger partial charge >= 0.3 is 0 Å². The molecule has 8 nitrogen and oxygen atoms in total. The summed E-state index contributed by atoms with van der Waals surface area (Å²) >= 11 is 11.8. The third kappa shape index (κ3) is 4.34. The summed E-state index contributed by atoms with van der Waals surface area (Å²) in [7, 11) is 6.16. The van der Waals surface area contributed by atoms with Gasteiger partial charge in [0.25, 0.3) is 11.1 Å². The Kier molecular flexibility index (Phi) is 5.92. The molecule has 0 bridgehead atoms. The van der Waals surface area contributed by atoms with Gasteiger partial charge in [0.2, 0.25) is 5.43 Å². The van der Waals surface area contributed by atoms with Crippen molar-refractivity contribution in [3.63, 3.8) is 0 Å². The Morgan fingerprint density at radius 1 is 1.00 bits per heavy atom. The molecule has 0 aliphatic carbocycles. The van der Waals surface area contributed by atoms with Gasteiger partial charge in [0, 0.05) is 5.02 Å². The molecule has 2 aromatic heterocycles. The molecule has 0 atom stereocenters. The highest BCUT2D eigenvalue weighted by Crippen LogP contribution is 2.24. The van der Waals surface area contributed by atoms with Gasteiger partial charge in [0.05, 0.1) is 43.7 Å². The van der Waals surface area contributed by atoms with Crippen molar-refractivity contribution in [1.29, 1.82) is 0 Å². The molecule has 0 aliphatic heterocycles. The van der Waals surface area contributed by atoms with Gasteiger partial charge in [0.1, 0.15) is 17.4 Å². The molecule has 2 heterocycles. The molecule has 0 spiro atoms. The van der Waals surface area contributed by atoms with Crippen LogP contribution in [0.3, 0.4) is 0 Å². The quantitative estimate of drug-likeness (QED) is 0.379. The van der Waals surface area contributed by atoms with Crippen molar-refractivity contribution >= 4 is 45.0 Å². The smallest absolute Gasteiger partial charge is 0.287 e. The number of nitrogens with zero attached hydrogens (tertiary/aromatic N) is 1. The number of aliphatic hydroxyl groups excluding tert-OH is 1. The van der Waals surface area contributed by atoms with E-state index in [4.69, 9.17) is 28.3 Å². The normalized spacial score (nSPS) is 11.5. The van der Waals surface area contributed by atoms with E-state index in [-0.39, 0.29) is 27.9 Å². The van der Waals surface area contributed by atoms with Gasteiger partial charge in [-0.15, -0.1) is 0 Å². The maximum Gasteiger partial charge on any atom is 0.287 e. The predicted molar refractivity (Wildman–Crippen MR) is 103 cm³/mol. The average Bonchev–Trinajstić information content (AvgIpc) is 2.49. The van der Waals surface area contributed by atoms with Gasteiger partial charge < -0.3 is 14.6 Å². The fourth-order valence-electron chi connectivity index (χ4n) is 2.26. The highest BCUT2D eigenvalue weighted by molar-refractivity contribution is 6.38. The molecule has 140 valence electrons. The van der Waals surface area contributed by atoms with Crippen LogP contribution < -0.4 is 16.5 Å². The summed E-state index contributed by atoms with van der Waals surface area (Å²) < 4.78 is 0.844. The van der Waals surface area contributed by atoms with Crippen molar-refractivity contribution in [3.05, 3.63) is 53.1 Å². The molecule has 0 saturated carbocycles. The first-order chi connectivity index (χ1) is 12.0. The number of fused-ring (bicyclic) bond motifs is 2. The van der Waals surface area contributed by atoms with Crippen LogP contribution in [0.1, 0.15) is 0 Å². The van der Waals surface area contributed by atoms with E-state index in [0.717, 1.165) is 11.0 Å². The Labute approximate surface area is 157 Å². The van der Waals surface area contributed by atoms with Crippen molar-refractivity contribution in [2.24, 2.45) is 0 Å². The molecule has 0 amide bonds. The Morgan fingerprint density at radius 3 is 2.15 bits per heavy atom. The van der Waals surface area contributed by atoms with Crippen LogP contribution in [0.4, 0.5) is 0 Å². The van der Waals surface area contributed by atoms with E-state index in [1.165, 1.54) is 12.1 Å². The van der Waals surface area contributed by atoms with E-state index in [9.17, 15) is 14.4 Å². The fraction of sp³-hybridized carbons (Fsp3) is 0.312. The number of aromatic nitrogens is 3. The number of aliphatic hydroxyl groups is 1. The van der Waals surface area contributed by atoms with Gasteiger partial charge in [-0.05, 0) is 12.1 Å². The van der Waals surface area contributed by atoms with Gasteiger partial charge in [-0.2, -0.15) is 0 Å². The molecule has 0 aliphatic rings. The first kappa shape index (κ1) is 20.2. The number of H-pyrrole nitrogens is 3. The lowest BCUT2D eigenvalue weighted by molar-refractivity contribution is -0.870. The number of likely N-dealkylation sites (N-methyl/N-ethyl adjacent to an activating group) is 1. The first-order valence-electron chi connectivity index (χ1n) is 7.62. The van der Waals surface area contributed by atoms with E-state index < -0.39 is 16.5 Å². The average molecular weight is 402 g/mol. The first-order valence-corrected chi connectivity index (χ1v) is 8.38. The lowest BCUT2D eigenvalue weighted by Gasteiger charge is -2.21. The minimum Gasteiger partial charge on any atom is -0.391 e. The molecule has 26 heavy (non-hydrogen) atoms. The number of hydrogen-bond donors (Lipinski definition) is 4. The Bertz CT molecular complexity index is 1130. The Morgan fingerprint density at radius 2 is 1.62 bits per heavy atom. The highest BCUT2D eigenvalue weighted by Gasteiger charge is 2.14. The molecule has 3 rings (SSSR count). The third-order valence-corrected chi connectivity index (χ3v) is 4.05. The second kappa shape index (κ2) is 7.63. The zero-order valence-electron chi connectivity index (χ0n) is 14.4. The monoisotopic (exact) mass is 401 g/mol. The van der Waals surface area contributed by atoms with Crippen LogP contribution in [0.5, 0.6) is 0 Å². The van der Waals surface area contributed by atoms with E-state index >= 15 is 0 Å². The molecular formula is C16H19Cl2N4O4+. The maximum absolute atomic E-state index is 12.3. The number of quaternary nitrogens is 1. The lowest BCUT2D eigenvalue weighted by Crippen LogP contribution is -2.36. The number of hydrogen-bond acceptors (Lipinski definition) is 4. The van der Waals surface area contributed by atoms with Gasteiger partial charge in [-0.25, -0.2) is 0 Å². The largest absolute Gasteiger partial charge is 0.391 e. The van der Waals surface area contributed by atoms with Crippen LogP contribution in [0.15, 0.2) is 26.5 Å². The van der Waals surface area contributed by atoms with Crippen LogP contribution in [0, 0.1) is 0 Å². The molecule has 4 N–H and O–H groups in total. The van der Waals surface area contributed by atoms with Crippen LogP contribution in [0.2, 0.25) is 10.0 Å². The van der Waals surface area contributed by atoms with Gasteiger partial charge in [-0.3, -0.25) is 24.6 Å². The van der Waals surface area contributed by atoms with E-state index in [1.807, 2.05) is 0 Å². The maximum atomic E-state index is 12.3. The Hall–Kier alpha value is -2.13. The summed E-state index contributed by atoms with van der Waals surface area (Å²) in [5, 5.41) is 12.9. The predicted octanol–water partition coefficient (Wildman–Crippen LogP) is 1.05. The minimum atomic E-state index is -0.691. The number of benzene rings is 1. The van der Waals surface area contributed by atoms with Crippen molar-refractivity contribution < 1.29 is 9.59 Å². The second-order valence-corrected chi connectivity index (χ2v) is 7.50. The van der Waals surface area contributed by atoms with Crippen molar-refractivity contribution in [1.82, 2.24) is 15.2 Å². The zero-order chi connectivity index (χ0) is 19.6. The number of halogens is 2. The summed E-state index contributed by atoms with van der Waals surface area (Å²) in [5.41, 5.74) is -1.73. The number of pyridine rings is 1. The number of aromatic amines is 3. The van der Waals surface area contributed by atoms with E-state index in [1.54, 1.807) is 0 Å². The number of rotatable bonds is 2. The summed E-state index contributed by atoms with van der Waals surface area (Å²) in [4.78, 5) is 38.3. The van der Waals surface area contributed by atoms with Crippen LogP contribution >= 0.6 is 23.2 Å². The molecule has 0 fully saturated rings. The molecule has 0 unspecified atom stereocenters. The van der Waals surface area contributed by atoms with Gasteiger partial charge in [-0.1, -0.05) is 23.2 Å². The highest BCUT2D eigenvalue weighted by atomic mass is 35.5. The van der Waals surface area contributed by atoms with Crippen molar-refractivity contribution in [2.75, 3.05) is 34.3 Å². The lowest BCUT2D eigenvalue weighted by atomic mass is 10.1. The zero-order valence-corrected chi connectivity index (χ0v) is 16.0. The Balaban J connectivity index is 0.000000298. The SMILES string of the molecule is C[N+](C)(C)CCO.O=c1[nH][nH]c(=O)c2c(=O)c3c(Cl)cc(Cl)cc3[nH]c12. The number of nitrogens with one attached hydrogen (secondary N) is 3. The summed E-state index contributed by atoms with van der Waals surface area (Å²) in [6, 6.07) is 2.86. The summed E-state index contributed by atoms with van der Waals surface area (Å²) in [6.45, 7) is 1.11. The molecule has 3 aromatic rings. The summed E-state index contributed by atoms with van der Waals surface area (Å²) in [6.07, 6.45) is 0. The third-order valence-electron chi connectivity index (χ3n) is 3.53. The topological polar surface area (TPSA) is 119 Å². The molecule has 10 heteroatoms. The molecule has 1 aromatic carbocycles. The minimum absolute atomic E-state index is 0.111. The van der Waals surface area contributed by atoms with E-state index in [0.29, 0.717) is 10.5 Å². The summed E-state index contributed by atoms with van der Waals surface area (Å²) in [5.74, 6) is 0. The molecule has 0 radical (unpaired) electrons. The van der Waals surface area contributed by atoms with Crippen molar-refractivity contribution in [2.45, 2.75) is 0 Å². The molecular weight excluding hydrogens is 383 g/mol. The second-order valence-electron chi connectivity index (χ2n) is 6.66. The van der Waals surface area contributed by atoms with Crippen LogP contribution in [-0.2, 0) is 0 Å². The standard InChI is InChI=1S/C11H5Cl2N3O3.C5H14NO/c12-3-1-4(13)6-5(2-3)14-8-7(9(6)17)10(18)15-16-11(8)19;1-6(2,3)4-5-7/h1-2H,(H,14,17)(H,15,18)(H,16,19);7H,4-5H2,1-3H3/q;+1. The fourth-order valence-corrected chi connectivity index (χ4v) is 2.84. The molecule has 0 saturated heterocycles. The van der Waals surface area contributed by atoms with Crippen LogP contribution in [0.25, 0.3) is 21.8 Å². The van der Waals surface area contributed by atoms with Crippen LogP contribution in [-0.4, -0.2) is 59.1 Å². The van der Waals surface area contributed by atoms with Gasteiger partial charge in [0.15, 0.2) is 0 Å². The van der Waals surface area contributed by atoms with E-state index in [2.05, 4.69) is 36.3 Å². The van der Waals surface area contributed by atoms with Crippen molar-refractivity contribution in [3.8, 4) is 0 Å².